The third kappa shape index (κ3) is 2.14. The smallest absolute Gasteiger partial charge is 0.222 e. The second-order valence-corrected chi connectivity index (χ2v) is 5.95. The van der Waals surface area contributed by atoms with E-state index in [0.29, 0.717) is 6.42 Å². The summed E-state index contributed by atoms with van der Waals surface area (Å²) in [6.45, 7) is 5.76. The molecule has 1 amide bonds. The first-order chi connectivity index (χ1) is 9.20. The Kier molecular flexibility index (Phi) is 3.27. The number of carbonyl (C=O) groups excluding carboxylic acids is 1. The third-order valence-electron chi connectivity index (χ3n) is 3.95. The molecule has 0 radical (unpaired) electrons. The largest absolute Gasteiger partial charge is 0.342 e. The summed E-state index contributed by atoms with van der Waals surface area (Å²) in [5.41, 5.74) is 5.02. The fraction of sp³-hybridized carbons (Fsp3) is 0.467. The highest BCUT2D eigenvalue weighted by Gasteiger charge is 2.20. The highest BCUT2D eigenvalue weighted by atomic mass is 32.1. The molecule has 0 aliphatic carbocycles. The molecule has 0 spiro atoms. The number of aryl methyl sites for hydroxylation is 1. The zero-order chi connectivity index (χ0) is 13.4. The minimum Gasteiger partial charge on any atom is -0.342 e. The Labute approximate surface area is 117 Å². The third-order valence-corrected chi connectivity index (χ3v) is 4.97. The molecule has 1 aliphatic rings. The van der Waals surface area contributed by atoms with Gasteiger partial charge >= 0.3 is 0 Å². The molecular weight excluding hydrogens is 256 g/mol. The maximum Gasteiger partial charge on any atom is 0.222 e. The average molecular weight is 274 g/mol. The monoisotopic (exact) mass is 274 g/mol. The summed E-state index contributed by atoms with van der Waals surface area (Å²) in [4.78, 5) is 18.6. The molecule has 1 aliphatic heterocycles. The molecule has 0 atom stereocenters. The Balaban J connectivity index is 1.99. The highest BCUT2D eigenvalue weighted by molar-refractivity contribution is 7.17. The van der Waals surface area contributed by atoms with Gasteiger partial charge in [0.15, 0.2) is 0 Å². The zero-order valence-corrected chi connectivity index (χ0v) is 12.2. The van der Waals surface area contributed by atoms with Crippen LogP contribution in [0.2, 0.25) is 0 Å². The molecule has 100 valence electrons. The standard InChI is InChI=1S/C15H18N2OS/c1-3-14(18)17-7-4-11-10(2)15-13(6-9-19-15)16-12(11)5-8-17/h6,9H,3-5,7-8H2,1-2H3. The van der Waals surface area contributed by atoms with Crippen molar-refractivity contribution in [2.75, 3.05) is 13.1 Å². The predicted molar refractivity (Wildman–Crippen MR) is 78.6 cm³/mol. The predicted octanol–water partition coefficient (Wildman–Crippen LogP) is 2.94. The SMILES string of the molecule is CCC(=O)N1CCc2nc3ccsc3c(C)c2CC1. The number of hydrogen-bond acceptors (Lipinski definition) is 3. The van der Waals surface area contributed by atoms with E-state index in [1.54, 1.807) is 11.3 Å². The molecule has 4 heteroatoms. The van der Waals surface area contributed by atoms with Crippen LogP contribution in [0.3, 0.4) is 0 Å². The van der Waals surface area contributed by atoms with Gasteiger partial charge in [-0.25, -0.2) is 0 Å². The summed E-state index contributed by atoms with van der Waals surface area (Å²) >= 11 is 1.76. The van der Waals surface area contributed by atoms with Crippen molar-refractivity contribution in [3.05, 3.63) is 28.3 Å². The highest BCUT2D eigenvalue weighted by Crippen LogP contribution is 2.29. The van der Waals surface area contributed by atoms with Crippen LogP contribution in [-0.2, 0) is 17.6 Å². The number of carbonyl (C=O) groups is 1. The van der Waals surface area contributed by atoms with Gasteiger partial charge in [-0.05, 0) is 35.9 Å². The molecule has 0 saturated carbocycles. The van der Waals surface area contributed by atoms with Gasteiger partial charge < -0.3 is 4.90 Å². The number of amides is 1. The summed E-state index contributed by atoms with van der Waals surface area (Å²) in [5, 5.41) is 2.11. The molecule has 0 aromatic carbocycles. The van der Waals surface area contributed by atoms with Crippen molar-refractivity contribution in [3.8, 4) is 0 Å². The molecular formula is C15H18N2OS. The van der Waals surface area contributed by atoms with Crippen LogP contribution in [0.5, 0.6) is 0 Å². The maximum absolute atomic E-state index is 11.8. The second-order valence-electron chi connectivity index (χ2n) is 5.03. The quantitative estimate of drug-likeness (QED) is 0.801. The van der Waals surface area contributed by atoms with Crippen LogP contribution in [0.25, 0.3) is 10.2 Å². The zero-order valence-electron chi connectivity index (χ0n) is 11.4. The van der Waals surface area contributed by atoms with Gasteiger partial charge in [-0.15, -0.1) is 11.3 Å². The van der Waals surface area contributed by atoms with Crippen LogP contribution in [-0.4, -0.2) is 28.9 Å². The van der Waals surface area contributed by atoms with Crippen molar-refractivity contribution in [1.29, 1.82) is 0 Å². The topological polar surface area (TPSA) is 33.2 Å². The Bertz CT molecular complexity index is 632. The van der Waals surface area contributed by atoms with E-state index in [2.05, 4.69) is 18.4 Å². The number of hydrogen-bond donors (Lipinski definition) is 0. The molecule has 19 heavy (non-hydrogen) atoms. The van der Waals surface area contributed by atoms with E-state index in [9.17, 15) is 4.79 Å². The molecule has 0 fully saturated rings. The van der Waals surface area contributed by atoms with Crippen LogP contribution in [0.1, 0.15) is 30.2 Å². The van der Waals surface area contributed by atoms with E-state index in [1.807, 2.05) is 11.8 Å². The number of nitrogens with zero attached hydrogens (tertiary/aromatic N) is 2. The summed E-state index contributed by atoms with van der Waals surface area (Å²) in [5.74, 6) is 0.257. The summed E-state index contributed by atoms with van der Waals surface area (Å²) < 4.78 is 1.30. The van der Waals surface area contributed by atoms with Crippen LogP contribution in [0.4, 0.5) is 0 Å². The lowest BCUT2D eigenvalue weighted by Gasteiger charge is -2.19. The lowest BCUT2D eigenvalue weighted by Crippen LogP contribution is -2.32. The van der Waals surface area contributed by atoms with Crippen LogP contribution in [0, 0.1) is 6.92 Å². The molecule has 3 heterocycles. The van der Waals surface area contributed by atoms with E-state index in [0.717, 1.165) is 31.4 Å². The molecule has 0 unspecified atom stereocenters. The second kappa shape index (κ2) is 4.93. The van der Waals surface area contributed by atoms with Gasteiger partial charge in [0.1, 0.15) is 0 Å². The minimum atomic E-state index is 0.257. The fourth-order valence-electron chi connectivity index (χ4n) is 2.85. The van der Waals surface area contributed by atoms with E-state index in [4.69, 9.17) is 4.98 Å². The molecule has 3 nitrogen and oxygen atoms in total. The van der Waals surface area contributed by atoms with Gasteiger partial charge in [-0.3, -0.25) is 9.78 Å². The van der Waals surface area contributed by atoms with Crippen molar-refractivity contribution in [1.82, 2.24) is 9.88 Å². The van der Waals surface area contributed by atoms with E-state index < -0.39 is 0 Å². The Morgan fingerprint density at radius 3 is 3.00 bits per heavy atom. The molecule has 2 aromatic rings. The summed E-state index contributed by atoms with van der Waals surface area (Å²) in [6, 6.07) is 2.09. The maximum atomic E-state index is 11.8. The van der Waals surface area contributed by atoms with Crippen molar-refractivity contribution in [2.45, 2.75) is 33.1 Å². The Morgan fingerprint density at radius 1 is 1.42 bits per heavy atom. The van der Waals surface area contributed by atoms with Crippen molar-refractivity contribution in [2.24, 2.45) is 0 Å². The van der Waals surface area contributed by atoms with Gasteiger partial charge in [0.05, 0.1) is 10.2 Å². The van der Waals surface area contributed by atoms with E-state index in [1.165, 1.54) is 21.5 Å². The molecule has 3 rings (SSSR count). The van der Waals surface area contributed by atoms with Crippen molar-refractivity contribution in [3.63, 3.8) is 0 Å². The first-order valence-electron chi connectivity index (χ1n) is 6.84. The van der Waals surface area contributed by atoms with Crippen LogP contribution in [0.15, 0.2) is 11.4 Å². The number of pyridine rings is 1. The number of rotatable bonds is 1. The molecule has 0 N–H and O–H groups in total. The van der Waals surface area contributed by atoms with Crippen LogP contribution < -0.4 is 0 Å². The molecule has 2 aromatic heterocycles. The molecule has 0 bridgehead atoms. The fourth-order valence-corrected chi connectivity index (χ4v) is 3.72. The van der Waals surface area contributed by atoms with E-state index in [-0.39, 0.29) is 5.91 Å². The normalized spacial score (nSPS) is 15.4. The minimum absolute atomic E-state index is 0.257. The van der Waals surface area contributed by atoms with Crippen molar-refractivity contribution >= 4 is 27.5 Å². The van der Waals surface area contributed by atoms with Gasteiger partial charge in [-0.2, -0.15) is 0 Å². The lowest BCUT2D eigenvalue weighted by atomic mass is 10.0. The van der Waals surface area contributed by atoms with Gasteiger partial charge in [-0.1, -0.05) is 6.92 Å². The van der Waals surface area contributed by atoms with Gasteiger partial charge in [0.25, 0.3) is 0 Å². The first kappa shape index (κ1) is 12.6. The average Bonchev–Trinajstić information content (AvgIpc) is 2.78. The van der Waals surface area contributed by atoms with Crippen molar-refractivity contribution < 1.29 is 4.79 Å². The summed E-state index contributed by atoms with van der Waals surface area (Å²) in [7, 11) is 0. The summed E-state index contributed by atoms with van der Waals surface area (Å²) in [6.07, 6.45) is 2.42. The number of aromatic nitrogens is 1. The Hall–Kier alpha value is -1.42. The number of thiophene rings is 1. The van der Waals surface area contributed by atoms with Gasteiger partial charge in [0, 0.05) is 31.6 Å². The van der Waals surface area contributed by atoms with Gasteiger partial charge in [0.2, 0.25) is 5.91 Å². The first-order valence-corrected chi connectivity index (χ1v) is 7.72. The van der Waals surface area contributed by atoms with Crippen LogP contribution >= 0.6 is 11.3 Å². The Morgan fingerprint density at radius 2 is 2.21 bits per heavy atom. The molecule has 0 saturated heterocycles. The lowest BCUT2D eigenvalue weighted by molar-refractivity contribution is -0.130. The van der Waals surface area contributed by atoms with E-state index >= 15 is 0 Å². The number of fused-ring (bicyclic) bond motifs is 2.